The monoisotopic (exact) mass is 311 g/mol. The molecule has 0 unspecified atom stereocenters. The third-order valence-corrected chi connectivity index (χ3v) is 5.00. The van der Waals surface area contributed by atoms with E-state index in [2.05, 4.69) is 34.7 Å². The number of hydrogen-bond donors (Lipinski definition) is 1. The number of nitrogens with zero attached hydrogens (tertiary/aromatic N) is 4. The molecule has 0 atom stereocenters. The zero-order chi connectivity index (χ0) is 15.1. The number of rotatable bonds is 7. The number of nitrogens with one attached hydrogen (secondary N) is 1. The largest absolute Gasteiger partial charge is 0.353 e. The highest BCUT2D eigenvalue weighted by atomic mass is 32.2. The Bertz CT molecular complexity index is 440. The topological polar surface area (TPSA) is 72.7 Å². The molecule has 2 rings (SSSR count). The number of carbonyl (C=O) groups excluding carboxylic acids is 1. The van der Waals surface area contributed by atoms with Crippen molar-refractivity contribution in [3.8, 4) is 0 Å². The smallest absolute Gasteiger partial charge is 0.230 e. The summed E-state index contributed by atoms with van der Waals surface area (Å²) in [6, 6.07) is 0.672. The van der Waals surface area contributed by atoms with E-state index in [1.54, 1.807) is 0 Å². The summed E-state index contributed by atoms with van der Waals surface area (Å²) >= 11 is 1.43. The third-order valence-electron chi connectivity index (χ3n) is 4.07. The van der Waals surface area contributed by atoms with Crippen LogP contribution < -0.4 is 5.32 Å². The molecule has 1 aliphatic rings. The van der Waals surface area contributed by atoms with Gasteiger partial charge in [0.1, 0.15) is 0 Å². The van der Waals surface area contributed by atoms with Crippen LogP contribution in [0.25, 0.3) is 0 Å². The van der Waals surface area contributed by atoms with Crippen LogP contribution in [0, 0.1) is 0 Å². The van der Waals surface area contributed by atoms with Crippen LogP contribution in [-0.4, -0.2) is 37.9 Å². The van der Waals surface area contributed by atoms with Crippen molar-refractivity contribution in [3.05, 3.63) is 0 Å². The van der Waals surface area contributed by atoms with Gasteiger partial charge in [0.05, 0.1) is 11.8 Å². The molecule has 6 nitrogen and oxygen atoms in total. The van der Waals surface area contributed by atoms with E-state index in [0.717, 1.165) is 30.8 Å². The molecule has 1 aromatic rings. The maximum absolute atomic E-state index is 11.9. The van der Waals surface area contributed by atoms with Crippen molar-refractivity contribution in [2.24, 2.45) is 0 Å². The van der Waals surface area contributed by atoms with Gasteiger partial charge in [-0.2, -0.15) is 0 Å². The fraction of sp³-hybridized carbons (Fsp3) is 0.857. The van der Waals surface area contributed by atoms with E-state index in [1.165, 1.54) is 31.0 Å². The number of tetrazole rings is 1. The fourth-order valence-corrected chi connectivity index (χ4v) is 3.48. The standard InChI is InChI=1S/C14H25N5OS/c1-3-11(4-2)15-13(20)10-21-14-16-17-18-19(14)12-8-6-5-7-9-12/h11-12H,3-10H2,1-2H3,(H,15,20). The summed E-state index contributed by atoms with van der Waals surface area (Å²) in [5.41, 5.74) is 0. The maximum Gasteiger partial charge on any atom is 0.230 e. The Hall–Kier alpha value is -1.11. The molecule has 0 saturated heterocycles. The average molecular weight is 311 g/mol. The first kappa shape index (κ1) is 16.3. The predicted octanol–water partition coefficient (Wildman–Crippen LogP) is 2.58. The Morgan fingerprint density at radius 3 is 2.71 bits per heavy atom. The second-order valence-electron chi connectivity index (χ2n) is 5.57. The van der Waals surface area contributed by atoms with E-state index < -0.39 is 0 Å². The van der Waals surface area contributed by atoms with Gasteiger partial charge in [0.2, 0.25) is 11.1 Å². The van der Waals surface area contributed by atoms with Crippen LogP contribution in [0.2, 0.25) is 0 Å². The SMILES string of the molecule is CCC(CC)NC(=O)CSc1nnnn1C1CCCCC1. The highest BCUT2D eigenvalue weighted by molar-refractivity contribution is 7.99. The van der Waals surface area contributed by atoms with E-state index >= 15 is 0 Å². The van der Waals surface area contributed by atoms with E-state index in [4.69, 9.17) is 0 Å². The van der Waals surface area contributed by atoms with Crippen molar-refractivity contribution in [1.82, 2.24) is 25.5 Å². The van der Waals surface area contributed by atoms with E-state index in [-0.39, 0.29) is 11.9 Å². The third kappa shape index (κ3) is 4.69. The van der Waals surface area contributed by atoms with Gasteiger partial charge in [-0.05, 0) is 36.1 Å². The van der Waals surface area contributed by atoms with E-state index in [1.807, 2.05) is 4.68 Å². The van der Waals surface area contributed by atoms with Gasteiger partial charge in [-0.1, -0.05) is 44.9 Å². The van der Waals surface area contributed by atoms with Crippen molar-refractivity contribution in [1.29, 1.82) is 0 Å². The Morgan fingerprint density at radius 1 is 1.33 bits per heavy atom. The first-order valence-electron chi connectivity index (χ1n) is 7.94. The molecule has 1 fully saturated rings. The summed E-state index contributed by atoms with van der Waals surface area (Å²) < 4.78 is 1.91. The number of aromatic nitrogens is 4. The minimum absolute atomic E-state index is 0.0619. The Kier molecular flexibility index (Phi) is 6.48. The molecule has 7 heteroatoms. The molecular formula is C14H25N5OS. The van der Waals surface area contributed by atoms with Gasteiger partial charge >= 0.3 is 0 Å². The minimum atomic E-state index is 0.0619. The van der Waals surface area contributed by atoms with Gasteiger partial charge in [0.25, 0.3) is 0 Å². The molecule has 1 heterocycles. The van der Waals surface area contributed by atoms with Gasteiger partial charge in [-0.3, -0.25) is 4.79 Å². The lowest BCUT2D eigenvalue weighted by Gasteiger charge is -2.22. The van der Waals surface area contributed by atoms with Gasteiger partial charge < -0.3 is 5.32 Å². The van der Waals surface area contributed by atoms with Gasteiger partial charge in [-0.25, -0.2) is 4.68 Å². The van der Waals surface area contributed by atoms with Crippen LogP contribution in [0.15, 0.2) is 5.16 Å². The highest BCUT2D eigenvalue weighted by Gasteiger charge is 2.21. The summed E-state index contributed by atoms with van der Waals surface area (Å²) in [5, 5.41) is 15.8. The Labute approximate surface area is 130 Å². The van der Waals surface area contributed by atoms with Crippen LogP contribution in [0.5, 0.6) is 0 Å². The van der Waals surface area contributed by atoms with Crippen LogP contribution in [0.1, 0.15) is 64.8 Å². The number of carbonyl (C=O) groups is 1. The van der Waals surface area contributed by atoms with Gasteiger partial charge in [0.15, 0.2) is 0 Å². The molecule has 0 radical (unpaired) electrons. The van der Waals surface area contributed by atoms with Crippen LogP contribution in [0.4, 0.5) is 0 Å². The molecule has 1 saturated carbocycles. The van der Waals surface area contributed by atoms with Crippen molar-refractivity contribution in [3.63, 3.8) is 0 Å². The van der Waals surface area contributed by atoms with Crippen molar-refractivity contribution in [2.45, 2.75) is 76.0 Å². The maximum atomic E-state index is 11.9. The zero-order valence-electron chi connectivity index (χ0n) is 12.9. The number of amides is 1. The quantitative estimate of drug-likeness (QED) is 0.784. The lowest BCUT2D eigenvalue weighted by Crippen LogP contribution is -2.35. The molecule has 0 spiro atoms. The van der Waals surface area contributed by atoms with E-state index in [9.17, 15) is 4.79 Å². The molecule has 1 N–H and O–H groups in total. The average Bonchev–Trinajstić information content (AvgIpc) is 3.00. The molecule has 0 bridgehead atoms. The van der Waals surface area contributed by atoms with E-state index in [0.29, 0.717) is 11.8 Å². The zero-order valence-corrected chi connectivity index (χ0v) is 13.7. The highest BCUT2D eigenvalue weighted by Crippen LogP contribution is 2.30. The normalized spacial score (nSPS) is 16.3. The number of hydrogen-bond acceptors (Lipinski definition) is 5. The first-order valence-corrected chi connectivity index (χ1v) is 8.93. The van der Waals surface area contributed by atoms with Crippen LogP contribution >= 0.6 is 11.8 Å². The summed E-state index contributed by atoms with van der Waals surface area (Å²) in [7, 11) is 0. The Morgan fingerprint density at radius 2 is 2.05 bits per heavy atom. The second-order valence-corrected chi connectivity index (χ2v) is 6.51. The van der Waals surface area contributed by atoms with Gasteiger partial charge in [-0.15, -0.1) is 5.10 Å². The van der Waals surface area contributed by atoms with Crippen molar-refractivity contribution >= 4 is 17.7 Å². The molecule has 1 amide bonds. The summed E-state index contributed by atoms with van der Waals surface area (Å²) in [6.45, 7) is 4.18. The molecule has 1 aliphatic carbocycles. The van der Waals surface area contributed by atoms with Crippen LogP contribution in [0.3, 0.4) is 0 Å². The minimum Gasteiger partial charge on any atom is -0.353 e. The van der Waals surface area contributed by atoms with Crippen molar-refractivity contribution in [2.75, 3.05) is 5.75 Å². The van der Waals surface area contributed by atoms with Crippen molar-refractivity contribution < 1.29 is 4.79 Å². The summed E-state index contributed by atoms with van der Waals surface area (Å²) in [4.78, 5) is 11.9. The molecular weight excluding hydrogens is 286 g/mol. The lowest BCUT2D eigenvalue weighted by atomic mass is 9.96. The lowest BCUT2D eigenvalue weighted by molar-refractivity contribution is -0.119. The molecule has 1 aromatic heterocycles. The molecule has 0 aromatic carbocycles. The summed E-state index contributed by atoms with van der Waals surface area (Å²) in [6.07, 6.45) is 7.99. The predicted molar refractivity (Wildman–Crippen MR) is 83.2 cm³/mol. The number of thioether (sulfide) groups is 1. The molecule has 0 aliphatic heterocycles. The first-order chi connectivity index (χ1) is 10.2. The Balaban J connectivity index is 1.86. The fourth-order valence-electron chi connectivity index (χ4n) is 2.73. The molecule has 118 valence electrons. The second kappa shape index (κ2) is 8.36. The summed E-state index contributed by atoms with van der Waals surface area (Å²) in [5.74, 6) is 0.441. The molecule has 21 heavy (non-hydrogen) atoms. The van der Waals surface area contributed by atoms with Gasteiger partial charge in [0, 0.05) is 6.04 Å². The van der Waals surface area contributed by atoms with Crippen LogP contribution in [-0.2, 0) is 4.79 Å².